The Kier molecular flexibility index (Phi) is 5.99. The third kappa shape index (κ3) is 5.10. The largest absolute Gasteiger partial charge is 0.374 e. The number of benzene rings is 2. The van der Waals surface area contributed by atoms with Crippen molar-refractivity contribution in [3.8, 4) is 6.07 Å². The number of ether oxygens (including phenoxy) is 1. The molecule has 0 heterocycles. The molecule has 2 aromatic rings. The van der Waals surface area contributed by atoms with Crippen LogP contribution in [0.5, 0.6) is 0 Å². The minimum absolute atomic E-state index is 0.0350. The molecule has 24 heavy (non-hydrogen) atoms. The number of hydrogen-bond acceptors (Lipinski definition) is 5. The molecule has 0 saturated carbocycles. The Morgan fingerprint density at radius 3 is 2.33 bits per heavy atom. The molecule has 0 saturated heterocycles. The molecule has 1 unspecified atom stereocenters. The first kappa shape index (κ1) is 18.0. The second-order valence-corrected chi connectivity index (χ2v) is 6.32. The van der Waals surface area contributed by atoms with Crippen LogP contribution < -0.4 is 0 Å². The van der Waals surface area contributed by atoms with Crippen LogP contribution in [0.1, 0.15) is 16.7 Å². The van der Waals surface area contributed by atoms with E-state index in [0.717, 1.165) is 5.56 Å². The molecule has 0 fully saturated rings. The Labute approximate surface area is 138 Å². The lowest BCUT2D eigenvalue weighted by atomic mass is 10.2. The zero-order chi connectivity index (χ0) is 17.6. The van der Waals surface area contributed by atoms with Crippen molar-refractivity contribution < 1.29 is 24.2 Å². The van der Waals surface area contributed by atoms with Crippen LogP contribution in [-0.2, 0) is 15.9 Å². The Hall–Kier alpha value is -2.33. The Morgan fingerprint density at radius 1 is 1.17 bits per heavy atom. The van der Waals surface area contributed by atoms with Gasteiger partial charge in [-0.25, -0.2) is 4.99 Å². The maximum atomic E-state index is 11.6. The Balaban J connectivity index is 2.19. The molecule has 2 rings (SSSR count). The predicted octanol–water partition coefficient (Wildman–Crippen LogP) is 1.98. The minimum Gasteiger partial charge on any atom is -0.350 e. The molecule has 0 spiro atoms. The smallest absolute Gasteiger partial charge is 0.350 e. The second-order valence-electron chi connectivity index (χ2n) is 4.81. The second kappa shape index (κ2) is 7.97. The van der Waals surface area contributed by atoms with Crippen molar-refractivity contribution in [1.29, 1.82) is 5.26 Å². The van der Waals surface area contributed by atoms with Crippen LogP contribution in [0.2, 0.25) is 0 Å². The van der Waals surface area contributed by atoms with Crippen molar-refractivity contribution in [2.24, 2.45) is 4.99 Å². The number of nitriles is 1. The van der Waals surface area contributed by atoms with Gasteiger partial charge in [0.2, 0.25) is 0 Å². The number of aliphatic hydroxyl groups is 1. The normalized spacial score (nSPS) is 13.3. The number of hydrogen-bond donors (Lipinski definition) is 3. The molecule has 0 aliphatic carbocycles. The van der Waals surface area contributed by atoms with Gasteiger partial charge in [0, 0.05) is 5.56 Å². The topological polar surface area (TPSA) is 123 Å². The van der Waals surface area contributed by atoms with E-state index in [9.17, 15) is 19.5 Å². The van der Waals surface area contributed by atoms with Crippen LogP contribution in [-0.4, -0.2) is 26.8 Å². The van der Waals surface area contributed by atoms with Gasteiger partial charge in [0.25, 0.3) is 6.41 Å². The summed E-state index contributed by atoms with van der Waals surface area (Å²) in [6, 6.07) is 16.4. The first-order valence-corrected chi connectivity index (χ1v) is 8.49. The van der Waals surface area contributed by atoms with Crippen molar-refractivity contribution in [3.05, 3.63) is 71.3 Å². The number of rotatable bonds is 6. The van der Waals surface area contributed by atoms with Gasteiger partial charge in [-0.3, -0.25) is 4.57 Å². The Bertz CT molecular complexity index is 793. The molecule has 0 bridgehead atoms. The standard InChI is InChI=1S/C16H15N2O5P/c17-10-12-6-8-14(9-7-12)15(24(20,21)22)18-16(19)23-11-13-4-2-1-3-5-13/h1-9,16,19H,11H2,(H2,20,21,22). The summed E-state index contributed by atoms with van der Waals surface area (Å²) in [5, 5.41) is 18.6. The highest BCUT2D eigenvalue weighted by atomic mass is 31.2. The van der Waals surface area contributed by atoms with Crippen LogP contribution in [0.15, 0.2) is 59.6 Å². The lowest BCUT2D eigenvalue weighted by Crippen LogP contribution is -2.13. The summed E-state index contributed by atoms with van der Waals surface area (Å²) < 4.78 is 16.7. The lowest BCUT2D eigenvalue weighted by molar-refractivity contribution is -0.100. The van der Waals surface area contributed by atoms with E-state index in [1.54, 1.807) is 24.3 Å². The highest BCUT2D eigenvalue weighted by molar-refractivity contribution is 7.71. The minimum atomic E-state index is -4.74. The van der Waals surface area contributed by atoms with E-state index in [1.165, 1.54) is 24.3 Å². The van der Waals surface area contributed by atoms with Gasteiger partial charge in [0.05, 0.1) is 18.2 Å². The van der Waals surface area contributed by atoms with Crippen molar-refractivity contribution in [2.45, 2.75) is 13.0 Å². The number of nitrogens with zero attached hydrogens (tertiary/aromatic N) is 2. The van der Waals surface area contributed by atoms with Gasteiger partial charge in [-0.05, 0) is 17.7 Å². The third-order valence-corrected chi connectivity index (χ3v) is 3.95. The molecule has 1 atom stereocenters. The van der Waals surface area contributed by atoms with Crippen LogP contribution >= 0.6 is 7.60 Å². The summed E-state index contributed by atoms with van der Waals surface area (Å²) in [6.07, 6.45) is -1.73. The molecular weight excluding hydrogens is 331 g/mol. The summed E-state index contributed by atoms with van der Waals surface area (Å²) in [7, 11) is -4.74. The molecule has 0 aliphatic heterocycles. The SMILES string of the molecule is N#Cc1ccc(C(=NC(O)OCc2ccccc2)P(=O)(O)O)cc1. The molecule has 2 aromatic carbocycles. The van der Waals surface area contributed by atoms with Gasteiger partial charge in [-0.2, -0.15) is 5.26 Å². The van der Waals surface area contributed by atoms with E-state index in [-0.39, 0.29) is 12.2 Å². The molecular formula is C16H15N2O5P. The van der Waals surface area contributed by atoms with Crippen LogP contribution in [0.3, 0.4) is 0 Å². The van der Waals surface area contributed by atoms with E-state index in [4.69, 9.17) is 10.00 Å². The fourth-order valence-corrected chi connectivity index (χ4v) is 2.63. The Morgan fingerprint density at radius 2 is 1.79 bits per heavy atom. The number of aliphatic hydroxyl groups excluding tert-OH is 1. The van der Waals surface area contributed by atoms with Crippen LogP contribution in [0.25, 0.3) is 0 Å². The van der Waals surface area contributed by atoms with E-state index in [2.05, 4.69) is 4.99 Å². The van der Waals surface area contributed by atoms with Crippen molar-refractivity contribution in [2.75, 3.05) is 0 Å². The van der Waals surface area contributed by atoms with Gasteiger partial charge < -0.3 is 19.6 Å². The van der Waals surface area contributed by atoms with Gasteiger partial charge in [-0.1, -0.05) is 42.5 Å². The molecule has 8 heteroatoms. The fraction of sp³-hybridized carbons (Fsp3) is 0.125. The summed E-state index contributed by atoms with van der Waals surface area (Å²) in [5.41, 5.74) is 0.616. The predicted molar refractivity (Wildman–Crippen MR) is 87.0 cm³/mol. The molecule has 0 radical (unpaired) electrons. The molecule has 3 N–H and O–H groups in total. The highest BCUT2D eigenvalue weighted by Crippen LogP contribution is 2.40. The summed E-state index contributed by atoms with van der Waals surface area (Å²) in [4.78, 5) is 22.5. The van der Waals surface area contributed by atoms with Gasteiger partial charge in [0.1, 0.15) is 0 Å². The maximum Gasteiger partial charge on any atom is 0.374 e. The summed E-state index contributed by atoms with van der Waals surface area (Å²) in [6.45, 7) is 0.0350. The molecule has 0 aromatic heterocycles. The van der Waals surface area contributed by atoms with Gasteiger partial charge in [-0.15, -0.1) is 0 Å². The third-order valence-electron chi connectivity index (χ3n) is 3.02. The van der Waals surface area contributed by atoms with E-state index in [0.29, 0.717) is 5.56 Å². The molecule has 0 aliphatic rings. The quantitative estimate of drug-likeness (QED) is 0.417. The average molecular weight is 346 g/mol. The van der Waals surface area contributed by atoms with Crippen molar-refractivity contribution >= 4 is 13.0 Å². The van der Waals surface area contributed by atoms with Crippen molar-refractivity contribution in [1.82, 2.24) is 0 Å². The van der Waals surface area contributed by atoms with E-state index < -0.39 is 19.5 Å². The average Bonchev–Trinajstić information content (AvgIpc) is 2.58. The number of aliphatic imine (C=N–C) groups is 1. The monoisotopic (exact) mass is 346 g/mol. The van der Waals surface area contributed by atoms with Gasteiger partial charge in [0.15, 0.2) is 5.45 Å². The van der Waals surface area contributed by atoms with Crippen molar-refractivity contribution in [3.63, 3.8) is 0 Å². The summed E-state index contributed by atoms with van der Waals surface area (Å²) >= 11 is 0. The van der Waals surface area contributed by atoms with Gasteiger partial charge >= 0.3 is 7.60 Å². The lowest BCUT2D eigenvalue weighted by Gasteiger charge is -2.13. The molecule has 0 amide bonds. The molecule has 124 valence electrons. The first-order valence-electron chi connectivity index (χ1n) is 6.88. The van der Waals surface area contributed by atoms with Crippen LogP contribution in [0, 0.1) is 11.3 Å². The van der Waals surface area contributed by atoms with Crippen LogP contribution in [0.4, 0.5) is 0 Å². The van der Waals surface area contributed by atoms with E-state index >= 15 is 0 Å². The highest BCUT2D eigenvalue weighted by Gasteiger charge is 2.26. The zero-order valence-electron chi connectivity index (χ0n) is 12.5. The maximum absolute atomic E-state index is 11.6. The fourth-order valence-electron chi connectivity index (χ4n) is 1.90. The first-order chi connectivity index (χ1) is 11.4. The molecule has 7 nitrogen and oxygen atoms in total. The van der Waals surface area contributed by atoms with E-state index in [1.807, 2.05) is 12.1 Å². The zero-order valence-corrected chi connectivity index (χ0v) is 13.4. The summed E-state index contributed by atoms with van der Waals surface area (Å²) in [5.74, 6) is 0.